The van der Waals surface area contributed by atoms with Crippen LogP contribution in [-0.4, -0.2) is 30.4 Å². The number of carbonyl (C=O) groups is 2. The zero-order chi connectivity index (χ0) is 25.4. The van der Waals surface area contributed by atoms with Crippen molar-refractivity contribution in [1.29, 1.82) is 0 Å². The number of amides is 2. The van der Waals surface area contributed by atoms with Gasteiger partial charge in [-0.1, -0.05) is 105 Å². The molecule has 0 spiro atoms. The number of carbonyl (C=O) groups excluding carboxylic acids is 2. The van der Waals surface area contributed by atoms with Crippen molar-refractivity contribution in [1.82, 2.24) is 16.0 Å². The highest BCUT2D eigenvalue weighted by molar-refractivity contribution is 5.96. The largest absolute Gasteiger partial charge is 0.343 e. The van der Waals surface area contributed by atoms with Crippen LogP contribution in [0.3, 0.4) is 0 Å². The first-order valence-corrected chi connectivity index (χ1v) is 13.0. The summed E-state index contributed by atoms with van der Waals surface area (Å²) in [5, 5.41) is 9.73. The summed E-state index contributed by atoms with van der Waals surface area (Å²) in [6.07, 6.45) is 3.00. The summed E-state index contributed by atoms with van der Waals surface area (Å²) in [5.41, 5.74) is 3.04. The molecule has 1 aliphatic rings. The smallest absolute Gasteiger partial charge is 0.243 e. The van der Waals surface area contributed by atoms with Gasteiger partial charge in [0.15, 0.2) is 0 Å². The van der Waals surface area contributed by atoms with Gasteiger partial charge in [-0.3, -0.25) is 14.9 Å². The Kier molecular flexibility index (Phi) is 8.55. The number of rotatable bonds is 11. The van der Waals surface area contributed by atoms with Gasteiger partial charge in [0.1, 0.15) is 12.1 Å². The Balaban J connectivity index is 1.45. The van der Waals surface area contributed by atoms with Crippen LogP contribution in [0.25, 0.3) is 0 Å². The third-order valence-corrected chi connectivity index (χ3v) is 6.90. The van der Waals surface area contributed by atoms with Gasteiger partial charge in [0.05, 0.1) is 5.54 Å². The number of benzene rings is 3. The van der Waals surface area contributed by atoms with Crippen LogP contribution in [0, 0.1) is 5.92 Å². The molecule has 2 atom stereocenters. The molecule has 1 heterocycles. The Morgan fingerprint density at radius 2 is 1.14 bits per heavy atom. The fourth-order valence-corrected chi connectivity index (χ4v) is 5.14. The van der Waals surface area contributed by atoms with E-state index >= 15 is 0 Å². The van der Waals surface area contributed by atoms with E-state index in [0.717, 1.165) is 19.4 Å². The lowest BCUT2D eigenvalue weighted by Crippen LogP contribution is -2.61. The van der Waals surface area contributed by atoms with E-state index in [9.17, 15) is 9.59 Å². The fraction of sp³-hybridized carbons (Fsp3) is 0.355. The SMILES string of the molecule is CC(C)C[C@H]1NC(=O)[C@H](CCCCNC(c2ccccc2)(c2ccccc2)c2ccccc2)NC1=O. The number of unbranched alkanes of at least 4 members (excludes halogenated alkanes) is 1. The molecule has 0 aromatic heterocycles. The van der Waals surface area contributed by atoms with Crippen LogP contribution in [-0.2, 0) is 15.1 Å². The highest BCUT2D eigenvalue weighted by Crippen LogP contribution is 2.36. The monoisotopic (exact) mass is 483 g/mol. The predicted octanol–water partition coefficient (Wildman–Crippen LogP) is 4.77. The van der Waals surface area contributed by atoms with Crippen LogP contribution in [0.15, 0.2) is 91.0 Å². The minimum absolute atomic E-state index is 0.0670. The second-order valence-corrected chi connectivity index (χ2v) is 10.0. The molecule has 0 unspecified atom stereocenters. The summed E-state index contributed by atoms with van der Waals surface area (Å²) in [6, 6.07) is 30.7. The van der Waals surface area contributed by atoms with Crippen molar-refractivity contribution in [3.63, 3.8) is 0 Å². The molecule has 0 aliphatic carbocycles. The first-order valence-electron chi connectivity index (χ1n) is 13.0. The average Bonchev–Trinajstić information content (AvgIpc) is 2.90. The standard InChI is InChI=1S/C31H37N3O2/c1-23(2)22-28-30(36)33-27(29(35)34-28)20-12-13-21-32-31(24-14-6-3-7-15-24,25-16-8-4-9-17-25)26-18-10-5-11-19-26/h3-11,14-19,23,27-28,32H,12-13,20-22H2,1-2H3,(H,33,36)(H,34,35)/t27-,28+/m0/s1. The molecule has 5 heteroatoms. The molecule has 2 amide bonds. The van der Waals surface area contributed by atoms with E-state index in [-0.39, 0.29) is 11.8 Å². The third kappa shape index (κ3) is 5.85. The lowest BCUT2D eigenvalue weighted by Gasteiger charge is -2.37. The predicted molar refractivity (Wildman–Crippen MR) is 144 cm³/mol. The molecular weight excluding hydrogens is 446 g/mol. The molecule has 1 fully saturated rings. The van der Waals surface area contributed by atoms with Crippen LogP contribution >= 0.6 is 0 Å². The first-order chi connectivity index (χ1) is 17.5. The topological polar surface area (TPSA) is 70.2 Å². The Hall–Kier alpha value is -3.44. The maximum absolute atomic E-state index is 12.6. The summed E-state index contributed by atoms with van der Waals surface area (Å²) in [4.78, 5) is 25.0. The molecule has 4 rings (SSSR count). The molecule has 0 radical (unpaired) electrons. The van der Waals surface area contributed by atoms with Crippen molar-refractivity contribution in [3.05, 3.63) is 108 Å². The summed E-state index contributed by atoms with van der Waals surface area (Å²) in [5.74, 6) is 0.214. The Labute approximate surface area is 214 Å². The first kappa shape index (κ1) is 25.6. The van der Waals surface area contributed by atoms with E-state index in [0.29, 0.717) is 18.8 Å². The van der Waals surface area contributed by atoms with Gasteiger partial charge in [-0.05, 0) is 54.8 Å². The van der Waals surface area contributed by atoms with E-state index in [4.69, 9.17) is 0 Å². The van der Waals surface area contributed by atoms with Gasteiger partial charge in [0, 0.05) is 0 Å². The average molecular weight is 484 g/mol. The van der Waals surface area contributed by atoms with Crippen molar-refractivity contribution in [2.75, 3.05) is 6.54 Å². The van der Waals surface area contributed by atoms with Crippen LogP contribution in [0.2, 0.25) is 0 Å². The lowest BCUT2D eigenvalue weighted by atomic mass is 9.77. The minimum Gasteiger partial charge on any atom is -0.343 e. The van der Waals surface area contributed by atoms with Crippen molar-refractivity contribution in [2.45, 2.75) is 57.2 Å². The Bertz CT molecular complexity index is 1020. The summed E-state index contributed by atoms with van der Waals surface area (Å²) in [6.45, 7) is 4.87. The van der Waals surface area contributed by atoms with E-state index in [1.165, 1.54) is 16.7 Å². The number of nitrogens with one attached hydrogen (secondary N) is 3. The van der Waals surface area contributed by atoms with Gasteiger partial charge in [-0.25, -0.2) is 0 Å². The molecule has 0 bridgehead atoms. The lowest BCUT2D eigenvalue weighted by molar-refractivity contribution is -0.137. The fourth-order valence-electron chi connectivity index (χ4n) is 5.14. The van der Waals surface area contributed by atoms with Gasteiger partial charge in [0.2, 0.25) is 11.8 Å². The Morgan fingerprint density at radius 3 is 1.61 bits per heavy atom. The maximum Gasteiger partial charge on any atom is 0.243 e. The van der Waals surface area contributed by atoms with Crippen LogP contribution in [0.5, 0.6) is 0 Å². The van der Waals surface area contributed by atoms with Crippen LogP contribution in [0.1, 0.15) is 56.2 Å². The summed E-state index contributed by atoms with van der Waals surface area (Å²) in [7, 11) is 0. The molecule has 3 aromatic carbocycles. The van der Waals surface area contributed by atoms with Crippen molar-refractivity contribution < 1.29 is 9.59 Å². The molecule has 1 saturated heterocycles. The third-order valence-electron chi connectivity index (χ3n) is 6.90. The van der Waals surface area contributed by atoms with Gasteiger partial charge >= 0.3 is 0 Å². The number of hydrogen-bond donors (Lipinski definition) is 3. The van der Waals surface area contributed by atoms with Gasteiger partial charge < -0.3 is 10.6 Å². The second-order valence-electron chi connectivity index (χ2n) is 10.0. The van der Waals surface area contributed by atoms with Gasteiger partial charge in [0.25, 0.3) is 0 Å². The second kappa shape index (κ2) is 12.0. The van der Waals surface area contributed by atoms with E-state index in [1.54, 1.807) is 0 Å². The van der Waals surface area contributed by atoms with Crippen LogP contribution < -0.4 is 16.0 Å². The molecule has 5 nitrogen and oxygen atoms in total. The normalized spacial score (nSPS) is 18.1. The van der Waals surface area contributed by atoms with Crippen LogP contribution in [0.4, 0.5) is 0 Å². The van der Waals surface area contributed by atoms with E-state index < -0.39 is 17.6 Å². The molecule has 3 N–H and O–H groups in total. The highest BCUT2D eigenvalue weighted by Gasteiger charge is 2.36. The molecule has 0 saturated carbocycles. The van der Waals surface area contributed by atoms with Crippen molar-refractivity contribution >= 4 is 11.8 Å². The van der Waals surface area contributed by atoms with E-state index in [2.05, 4.69) is 103 Å². The van der Waals surface area contributed by atoms with E-state index in [1.807, 2.05) is 18.2 Å². The minimum atomic E-state index is -0.496. The zero-order valence-electron chi connectivity index (χ0n) is 21.2. The maximum atomic E-state index is 12.6. The summed E-state index contributed by atoms with van der Waals surface area (Å²) < 4.78 is 0. The van der Waals surface area contributed by atoms with Crippen molar-refractivity contribution in [3.8, 4) is 0 Å². The number of piperazine rings is 1. The molecule has 3 aromatic rings. The number of hydrogen-bond acceptors (Lipinski definition) is 3. The molecule has 188 valence electrons. The summed E-state index contributed by atoms with van der Waals surface area (Å²) >= 11 is 0. The van der Waals surface area contributed by atoms with Gasteiger partial charge in [-0.15, -0.1) is 0 Å². The molecular formula is C31H37N3O2. The molecule has 1 aliphatic heterocycles. The zero-order valence-corrected chi connectivity index (χ0v) is 21.2. The highest BCUT2D eigenvalue weighted by atomic mass is 16.2. The van der Waals surface area contributed by atoms with Gasteiger partial charge in [-0.2, -0.15) is 0 Å². The van der Waals surface area contributed by atoms with Crippen molar-refractivity contribution in [2.24, 2.45) is 5.92 Å². The Morgan fingerprint density at radius 1 is 0.694 bits per heavy atom. The quantitative estimate of drug-likeness (QED) is 0.272. The molecule has 36 heavy (non-hydrogen) atoms.